The van der Waals surface area contributed by atoms with Gasteiger partial charge in [0.2, 0.25) is 0 Å². The van der Waals surface area contributed by atoms with Crippen LogP contribution in [-0.2, 0) is 23.9 Å². The van der Waals surface area contributed by atoms with Crippen LogP contribution in [-0.4, -0.2) is 31.9 Å². The maximum absolute atomic E-state index is 11.4. The number of rotatable bonds is 5. The maximum atomic E-state index is 11.4. The predicted molar refractivity (Wildman–Crippen MR) is 56.6 cm³/mol. The Kier molecular flexibility index (Phi) is 6.07. The third-order valence-corrected chi connectivity index (χ3v) is 2.06. The molecule has 5 heteroatoms. The van der Waals surface area contributed by atoms with Crippen molar-refractivity contribution in [3.63, 3.8) is 0 Å². The Morgan fingerprint density at radius 1 is 1.12 bits per heavy atom. The van der Waals surface area contributed by atoms with Crippen molar-refractivity contribution >= 4 is 17.7 Å². The Bertz CT molecular complexity index is 316. The summed E-state index contributed by atoms with van der Waals surface area (Å²) >= 11 is 0. The number of esters is 2. The molecule has 0 bridgehead atoms. The van der Waals surface area contributed by atoms with Crippen LogP contribution in [0.5, 0.6) is 0 Å². The van der Waals surface area contributed by atoms with Crippen LogP contribution in [0.1, 0.15) is 20.3 Å². The second-order valence-electron chi connectivity index (χ2n) is 3.36. The molecule has 0 aliphatic heterocycles. The van der Waals surface area contributed by atoms with Gasteiger partial charge in [0.05, 0.1) is 26.6 Å². The van der Waals surface area contributed by atoms with Gasteiger partial charge in [-0.1, -0.05) is 5.57 Å². The third kappa shape index (κ3) is 4.72. The van der Waals surface area contributed by atoms with E-state index < -0.39 is 17.9 Å². The average Bonchev–Trinajstić information content (AvgIpc) is 2.23. The molecule has 0 aromatic heterocycles. The quantitative estimate of drug-likeness (QED) is 0.516. The Hall–Kier alpha value is -1.65. The fraction of sp³-hybridized carbons (Fsp3) is 0.545. The summed E-state index contributed by atoms with van der Waals surface area (Å²) in [5.74, 6) is -2.02. The van der Waals surface area contributed by atoms with Crippen LogP contribution in [0.2, 0.25) is 0 Å². The Morgan fingerprint density at radius 3 is 2.06 bits per heavy atom. The summed E-state index contributed by atoms with van der Waals surface area (Å²) in [4.78, 5) is 33.4. The Labute approximate surface area is 94.4 Å². The molecule has 1 unspecified atom stereocenters. The lowest BCUT2D eigenvalue weighted by Gasteiger charge is -2.13. The molecule has 0 saturated heterocycles. The van der Waals surface area contributed by atoms with Crippen LogP contribution < -0.4 is 0 Å². The number of hydrogen-bond donors (Lipinski definition) is 0. The smallest absolute Gasteiger partial charge is 0.313 e. The fourth-order valence-electron chi connectivity index (χ4n) is 1.24. The van der Waals surface area contributed by atoms with Crippen LogP contribution in [0.4, 0.5) is 0 Å². The SMILES string of the molecule is COC(=O)CC(C(=O)OC)C(C)=CC(C)=O. The zero-order valence-electron chi connectivity index (χ0n) is 9.90. The molecule has 0 spiro atoms. The van der Waals surface area contributed by atoms with Gasteiger partial charge in [0.15, 0.2) is 5.78 Å². The van der Waals surface area contributed by atoms with E-state index in [1.54, 1.807) is 6.92 Å². The van der Waals surface area contributed by atoms with Gasteiger partial charge in [0.1, 0.15) is 0 Å². The van der Waals surface area contributed by atoms with Crippen molar-refractivity contribution in [2.24, 2.45) is 5.92 Å². The predicted octanol–water partition coefficient (Wildman–Crippen LogP) is 0.874. The normalized spacial score (nSPS) is 12.9. The van der Waals surface area contributed by atoms with E-state index in [-0.39, 0.29) is 12.2 Å². The molecule has 16 heavy (non-hydrogen) atoms. The molecule has 90 valence electrons. The molecule has 0 aliphatic carbocycles. The molecule has 0 fully saturated rings. The van der Waals surface area contributed by atoms with Crippen molar-refractivity contribution in [2.75, 3.05) is 14.2 Å². The van der Waals surface area contributed by atoms with E-state index in [1.807, 2.05) is 0 Å². The lowest BCUT2D eigenvalue weighted by Crippen LogP contribution is -2.22. The summed E-state index contributed by atoms with van der Waals surface area (Å²) in [5, 5.41) is 0. The Balaban J connectivity index is 4.87. The first kappa shape index (κ1) is 14.3. The van der Waals surface area contributed by atoms with Gasteiger partial charge >= 0.3 is 11.9 Å². The summed E-state index contributed by atoms with van der Waals surface area (Å²) in [6, 6.07) is 0. The zero-order chi connectivity index (χ0) is 12.7. The molecule has 0 radical (unpaired) electrons. The molecule has 5 nitrogen and oxygen atoms in total. The van der Waals surface area contributed by atoms with E-state index >= 15 is 0 Å². The number of hydrogen-bond acceptors (Lipinski definition) is 5. The minimum atomic E-state index is -0.763. The molecule has 0 saturated carbocycles. The molecule has 0 rings (SSSR count). The molecule has 0 N–H and O–H groups in total. The van der Waals surface area contributed by atoms with Crippen LogP contribution in [0.15, 0.2) is 11.6 Å². The molecule has 0 aliphatic rings. The van der Waals surface area contributed by atoms with E-state index in [0.717, 1.165) is 0 Å². The van der Waals surface area contributed by atoms with Gasteiger partial charge in [-0.2, -0.15) is 0 Å². The first-order valence-electron chi connectivity index (χ1n) is 4.75. The summed E-state index contributed by atoms with van der Waals surface area (Å²) < 4.78 is 9.03. The number of ketones is 1. The van der Waals surface area contributed by atoms with Crippen LogP contribution in [0.3, 0.4) is 0 Å². The van der Waals surface area contributed by atoms with Crippen molar-refractivity contribution in [3.8, 4) is 0 Å². The molecule has 0 amide bonds. The fourth-order valence-corrected chi connectivity index (χ4v) is 1.24. The molecule has 0 aromatic carbocycles. The van der Waals surface area contributed by atoms with Crippen molar-refractivity contribution in [1.82, 2.24) is 0 Å². The zero-order valence-corrected chi connectivity index (χ0v) is 9.90. The monoisotopic (exact) mass is 228 g/mol. The molecule has 0 heterocycles. The van der Waals surface area contributed by atoms with E-state index in [4.69, 9.17) is 0 Å². The maximum Gasteiger partial charge on any atom is 0.313 e. The highest BCUT2D eigenvalue weighted by Gasteiger charge is 2.25. The van der Waals surface area contributed by atoms with E-state index in [2.05, 4.69) is 9.47 Å². The van der Waals surface area contributed by atoms with Crippen LogP contribution in [0, 0.1) is 5.92 Å². The molecular weight excluding hydrogens is 212 g/mol. The first-order chi connectivity index (χ1) is 7.42. The molecule has 0 aromatic rings. The highest BCUT2D eigenvalue weighted by Crippen LogP contribution is 2.17. The number of ether oxygens (including phenoxy) is 2. The van der Waals surface area contributed by atoms with Crippen molar-refractivity contribution in [1.29, 1.82) is 0 Å². The first-order valence-corrected chi connectivity index (χ1v) is 4.75. The standard InChI is InChI=1S/C11H16O5/c1-7(5-8(2)12)9(11(14)16-4)6-10(13)15-3/h5,9H,6H2,1-4H3. The van der Waals surface area contributed by atoms with Crippen molar-refractivity contribution < 1.29 is 23.9 Å². The topological polar surface area (TPSA) is 69.7 Å². The van der Waals surface area contributed by atoms with Gasteiger partial charge in [-0.25, -0.2) is 0 Å². The van der Waals surface area contributed by atoms with Gasteiger partial charge in [-0.3, -0.25) is 14.4 Å². The van der Waals surface area contributed by atoms with Gasteiger partial charge in [-0.15, -0.1) is 0 Å². The number of methoxy groups -OCH3 is 2. The van der Waals surface area contributed by atoms with Crippen molar-refractivity contribution in [2.45, 2.75) is 20.3 Å². The summed E-state index contributed by atoms with van der Waals surface area (Å²) in [6.07, 6.45) is 1.18. The lowest BCUT2D eigenvalue weighted by molar-refractivity contribution is -0.150. The summed E-state index contributed by atoms with van der Waals surface area (Å²) in [7, 11) is 2.47. The highest BCUT2D eigenvalue weighted by atomic mass is 16.5. The Morgan fingerprint density at radius 2 is 1.69 bits per heavy atom. The highest BCUT2D eigenvalue weighted by molar-refractivity contribution is 5.90. The number of carbonyl (C=O) groups is 3. The number of carbonyl (C=O) groups excluding carboxylic acids is 3. The summed E-state index contributed by atoms with van der Waals surface area (Å²) in [5.41, 5.74) is 0.491. The second kappa shape index (κ2) is 6.76. The molecule has 1 atom stereocenters. The van der Waals surface area contributed by atoms with Gasteiger partial charge < -0.3 is 9.47 Å². The minimum absolute atomic E-state index is 0.126. The minimum Gasteiger partial charge on any atom is -0.469 e. The van der Waals surface area contributed by atoms with E-state index in [9.17, 15) is 14.4 Å². The van der Waals surface area contributed by atoms with E-state index in [0.29, 0.717) is 5.57 Å². The lowest BCUT2D eigenvalue weighted by atomic mass is 9.96. The van der Waals surface area contributed by atoms with Crippen LogP contribution in [0.25, 0.3) is 0 Å². The number of allylic oxidation sites excluding steroid dienone is 1. The van der Waals surface area contributed by atoms with Crippen molar-refractivity contribution in [3.05, 3.63) is 11.6 Å². The summed E-state index contributed by atoms with van der Waals surface area (Å²) in [6.45, 7) is 2.97. The largest absolute Gasteiger partial charge is 0.469 e. The van der Waals surface area contributed by atoms with Gasteiger partial charge in [-0.05, 0) is 19.9 Å². The van der Waals surface area contributed by atoms with Crippen LogP contribution >= 0.6 is 0 Å². The van der Waals surface area contributed by atoms with Gasteiger partial charge in [0, 0.05) is 0 Å². The molecular formula is C11H16O5. The van der Waals surface area contributed by atoms with Gasteiger partial charge in [0.25, 0.3) is 0 Å². The third-order valence-electron chi connectivity index (χ3n) is 2.06. The average molecular weight is 228 g/mol. The second-order valence-corrected chi connectivity index (χ2v) is 3.36. The van der Waals surface area contributed by atoms with E-state index in [1.165, 1.54) is 27.2 Å².